The van der Waals surface area contributed by atoms with Gasteiger partial charge in [0.05, 0.1) is 5.02 Å². The van der Waals surface area contributed by atoms with Crippen molar-refractivity contribution < 1.29 is 27.6 Å². The Morgan fingerprint density at radius 3 is 2.58 bits per heavy atom. The lowest BCUT2D eigenvalue weighted by atomic mass is 10.1. The van der Waals surface area contributed by atoms with Gasteiger partial charge in [-0.15, -0.1) is 0 Å². The fourth-order valence-corrected chi connectivity index (χ4v) is 1.48. The van der Waals surface area contributed by atoms with Crippen molar-refractivity contribution in [3.8, 4) is 11.3 Å². The van der Waals surface area contributed by atoms with Crippen LogP contribution in [0.3, 0.4) is 0 Å². The molecule has 0 fully saturated rings. The van der Waals surface area contributed by atoms with Crippen molar-refractivity contribution in [2.75, 3.05) is 0 Å². The molecule has 0 radical (unpaired) electrons. The van der Waals surface area contributed by atoms with E-state index in [-0.39, 0.29) is 16.3 Å². The third kappa shape index (κ3) is 2.68. The minimum absolute atomic E-state index is 0.110. The zero-order valence-electron chi connectivity index (χ0n) is 8.90. The van der Waals surface area contributed by atoms with Gasteiger partial charge in [-0.1, -0.05) is 16.8 Å². The molecule has 5 nitrogen and oxygen atoms in total. The number of carboxylic acid groups (broad SMARTS) is 1. The molecule has 100 valence electrons. The molecule has 1 N–H and O–H groups in total. The van der Waals surface area contributed by atoms with Gasteiger partial charge in [0.15, 0.2) is 11.5 Å². The molecule has 0 bridgehead atoms. The van der Waals surface area contributed by atoms with Crippen LogP contribution in [0.15, 0.2) is 22.9 Å². The van der Waals surface area contributed by atoms with Crippen LogP contribution in [0.5, 0.6) is 0 Å². The number of hydrogen-bond donors (Lipinski definition) is 1. The summed E-state index contributed by atoms with van der Waals surface area (Å²) in [5.74, 6) is -1.55. The van der Waals surface area contributed by atoms with Crippen molar-refractivity contribution in [3.05, 3.63) is 34.7 Å². The van der Waals surface area contributed by atoms with Gasteiger partial charge in [-0.2, -0.15) is 13.2 Å². The van der Waals surface area contributed by atoms with Gasteiger partial charge in [0, 0.05) is 17.8 Å². The number of halogens is 4. The number of carbonyl (C=O) groups is 1. The molecule has 0 spiro atoms. The molecule has 2 rings (SSSR count). The van der Waals surface area contributed by atoms with E-state index >= 15 is 0 Å². The van der Waals surface area contributed by atoms with E-state index in [4.69, 9.17) is 16.7 Å². The summed E-state index contributed by atoms with van der Waals surface area (Å²) in [7, 11) is 0. The monoisotopic (exact) mass is 292 g/mol. The van der Waals surface area contributed by atoms with Crippen LogP contribution in [0.1, 0.15) is 16.2 Å². The van der Waals surface area contributed by atoms with Crippen molar-refractivity contribution in [2.24, 2.45) is 0 Å². The van der Waals surface area contributed by atoms with E-state index in [1.807, 2.05) is 0 Å². The second-order valence-electron chi connectivity index (χ2n) is 3.43. The molecule has 0 aliphatic heterocycles. The molecule has 9 heteroatoms. The quantitative estimate of drug-likeness (QED) is 0.920. The summed E-state index contributed by atoms with van der Waals surface area (Å²) in [4.78, 5) is 13.8. The molecule has 0 aliphatic carbocycles. The first-order chi connectivity index (χ1) is 8.79. The Labute approximate surface area is 108 Å². The summed E-state index contributed by atoms with van der Waals surface area (Å²) in [6, 6.07) is 1.64. The number of pyridine rings is 1. The highest BCUT2D eigenvalue weighted by molar-refractivity contribution is 6.33. The summed E-state index contributed by atoms with van der Waals surface area (Å²) in [5, 5.41) is 11.7. The Morgan fingerprint density at radius 2 is 2.05 bits per heavy atom. The largest absolute Gasteiger partial charge is 0.476 e. The van der Waals surface area contributed by atoms with E-state index in [2.05, 4.69) is 14.7 Å². The predicted octanol–water partition coefficient (Wildman–Crippen LogP) is 3.11. The number of carboxylic acids is 1. The van der Waals surface area contributed by atoms with E-state index in [1.54, 1.807) is 0 Å². The summed E-state index contributed by atoms with van der Waals surface area (Å²) >= 11 is 5.70. The van der Waals surface area contributed by atoms with Crippen molar-refractivity contribution in [2.45, 2.75) is 6.18 Å². The van der Waals surface area contributed by atoms with E-state index in [1.165, 1.54) is 0 Å². The summed E-state index contributed by atoms with van der Waals surface area (Å²) in [6.07, 6.45) is -3.84. The summed E-state index contributed by atoms with van der Waals surface area (Å²) < 4.78 is 42.2. The highest BCUT2D eigenvalue weighted by Gasteiger charge is 2.33. The number of nitrogens with zero attached hydrogens (tertiary/aromatic N) is 2. The van der Waals surface area contributed by atoms with Gasteiger partial charge in [0.2, 0.25) is 0 Å². The molecule has 0 aliphatic rings. The fourth-order valence-electron chi connectivity index (χ4n) is 1.29. The minimum atomic E-state index is -4.64. The van der Waals surface area contributed by atoms with Crippen molar-refractivity contribution in [1.82, 2.24) is 10.1 Å². The van der Waals surface area contributed by atoms with Gasteiger partial charge in [0.25, 0.3) is 0 Å². The Kier molecular flexibility index (Phi) is 3.19. The van der Waals surface area contributed by atoms with Gasteiger partial charge >= 0.3 is 12.1 Å². The number of aromatic carboxylic acids is 1. The Balaban J connectivity index is 2.51. The second-order valence-corrected chi connectivity index (χ2v) is 3.84. The highest BCUT2D eigenvalue weighted by atomic mass is 35.5. The highest BCUT2D eigenvalue weighted by Crippen LogP contribution is 2.34. The van der Waals surface area contributed by atoms with Gasteiger partial charge in [-0.05, 0) is 6.07 Å². The molecule has 0 unspecified atom stereocenters. The topological polar surface area (TPSA) is 76.2 Å². The fraction of sp³-hybridized carbons (Fsp3) is 0.100. The Bertz CT molecular complexity index is 639. The average molecular weight is 293 g/mol. The Hall–Kier alpha value is -2.09. The zero-order chi connectivity index (χ0) is 14.2. The summed E-state index contributed by atoms with van der Waals surface area (Å²) in [6.45, 7) is 0. The molecule has 19 heavy (non-hydrogen) atoms. The number of rotatable bonds is 2. The van der Waals surface area contributed by atoms with Gasteiger partial charge < -0.3 is 9.63 Å². The Morgan fingerprint density at radius 1 is 1.37 bits per heavy atom. The van der Waals surface area contributed by atoms with Crippen LogP contribution in [-0.4, -0.2) is 21.2 Å². The first-order valence-electron chi connectivity index (χ1n) is 4.72. The first kappa shape index (κ1) is 13.3. The number of alkyl halides is 3. The lowest BCUT2D eigenvalue weighted by Crippen LogP contribution is -2.07. The number of hydrogen-bond acceptors (Lipinski definition) is 4. The zero-order valence-corrected chi connectivity index (χ0v) is 9.66. The first-order valence-corrected chi connectivity index (χ1v) is 5.10. The maximum Gasteiger partial charge on any atom is 0.433 e. The maximum atomic E-state index is 12.5. The number of aromatic nitrogens is 2. The molecule has 0 atom stereocenters. The molecular weight excluding hydrogens is 289 g/mol. The lowest BCUT2D eigenvalue weighted by Gasteiger charge is -2.07. The van der Waals surface area contributed by atoms with Crippen molar-refractivity contribution >= 4 is 17.6 Å². The van der Waals surface area contributed by atoms with Gasteiger partial charge in [0.1, 0.15) is 5.69 Å². The smallest absolute Gasteiger partial charge is 0.433 e. The van der Waals surface area contributed by atoms with Crippen LogP contribution in [-0.2, 0) is 6.18 Å². The van der Waals surface area contributed by atoms with E-state index in [0.29, 0.717) is 6.07 Å². The SMILES string of the molecule is O=C(O)c1cc(-c2cc(C(F)(F)F)ncc2Cl)on1. The molecule has 2 aromatic rings. The standard InChI is InChI=1S/C10H4ClF3N2O3/c11-5-3-15-8(10(12,13)14)1-4(5)7-2-6(9(17)18)16-19-7/h1-3H,(H,17,18). The molecule has 0 saturated carbocycles. The third-order valence-electron chi connectivity index (χ3n) is 2.14. The van der Waals surface area contributed by atoms with Crippen LogP contribution in [0, 0.1) is 0 Å². The third-order valence-corrected chi connectivity index (χ3v) is 2.44. The van der Waals surface area contributed by atoms with Crippen LogP contribution >= 0.6 is 11.6 Å². The van der Waals surface area contributed by atoms with Gasteiger partial charge in [-0.25, -0.2) is 4.79 Å². The molecule has 0 amide bonds. The molecule has 0 aromatic carbocycles. The van der Waals surface area contributed by atoms with Crippen LogP contribution in [0.2, 0.25) is 5.02 Å². The minimum Gasteiger partial charge on any atom is -0.476 e. The maximum absolute atomic E-state index is 12.5. The average Bonchev–Trinajstić information content (AvgIpc) is 2.77. The predicted molar refractivity (Wildman–Crippen MR) is 56.7 cm³/mol. The molecule has 2 heterocycles. The van der Waals surface area contributed by atoms with Crippen LogP contribution in [0.25, 0.3) is 11.3 Å². The molecule has 0 saturated heterocycles. The second kappa shape index (κ2) is 4.54. The van der Waals surface area contributed by atoms with Gasteiger partial charge in [-0.3, -0.25) is 4.98 Å². The lowest BCUT2D eigenvalue weighted by molar-refractivity contribution is -0.141. The summed E-state index contributed by atoms with van der Waals surface area (Å²) in [5.41, 5.74) is -1.74. The van der Waals surface area contributed by atoms with Crippen molar-refractivity contribution in [1.29, 1.82) is 0 Å². The molecule has 2 aromatic heterocycles. The van der Waals surface area contributed by atoms with E-state index < -0.39 is 23.5 Å². The van der Waals surface area contributed by atoms with E-state index in [0.717, 1.165) is 12.3 Å². The van der Waals surface area contributed by atoms with E-state index in [9.17, 15) is 18.0 Å². The van der Waals surface area contributed by atoms with Crippen molar-refractivity contribution in [3.63, 3.8) is 0 Å². The molecular formula is C10H4ClF3N2O3. The van der Waals surface area contributed by atoms with Crippen LogP contribution in [0.4, 0.5) is 13.2 Å². The normalized spacial score (nSPS) is 11.6. The van der Waals surface area contributed by atoms with Crippen LogP contribution < -0.4 is 0 Å².